The van der Waals surface area contributed by atoms with Crippen molar-refractivity contribution in [1.82, 2.24) is 9.97 Å². The molecule has 0 radical (unpaired) electrons. The fourth-order valence-electron chi connectivity index (χ4n) is 3.20. The number of fused-ring (bicyclic) bond motifs is 1. The Labute approximate surface area is 153 Å². The van der Waals surface area contributed by atoms with Crippen LogP contribution in [0.2, 0.25) is 0 Å². The lowest BCUT2D eigenvalue weighted by molar-refractivity contribution is 1.03. The SMILES string of the molecule is CN(c1ccncc1)c1ccc(NCCc2c[nH]c3ccccc23)cc1. The molecule has 4 heteroatoms. The van der Waals surface area contributed by atoms with Crippen molar-refractivity contribution in [1.29, 1.82) is 0 Å². The first-order chi connectivity index (χ1) is 12.8. The third-order valence-corrected chi connectivity index (χ3v) is 4.70. The highest BCUT2D eigenvalue weighted by molar-refractivity contribution is 5.83. The van der Waals surface area contributed by atoms with Gasteiger partial charge in [-0.05, 0) is 54.4 Å². The molecule has 0 unspecified atom stereocenters. The van der Waals surface area contributed by atoms with E-state index in [1.54, 1.807) is 0 Å². The molecule has 0 spiro atoms. The van der Waals surface area contributed by atoms with Crippen molar-refractivity contribution < 1.29 is 0 Å². The van der Waals surface area contributed by atoms with Crippen LogP contribution in [0.25, 0.3) is 10.9 Å². The highest BCUT2D eigenvalue weighted by Crippen LogP contribution is 2.24. The van der Waals surface area contributed by atoms with E-state index in [4.69, 9.17) is 0 Å². The topological polar surface area (TPSA) is 44.0 Å². The summed E-state index contributed by atoms with van der Waals surface area (Å²) in [5, 5.41) is 4.82. The summed E-state index contributed by atoms with van der Waals surface area (Å²) in [5.41, 5.74) is 5.96. The van der Waals surface area contributed by atoms with Gasteiger partial charge in [-0.1, -0.05) is 18.2 Å². The van der Waals surface area contributed by atoms with Gasteiger partial charge in [0.2, 0.25) is 0 Å². The minimum Gasteiger partial charge on any atom is -0.385 e. The first-order valence-corrected chi connectivity index (χ1v) is 8.84. The van der Waals surface area contributed by atoms with Crippen LogP contribution in [0.1, 0.15) is 5.56 Å². The number of anilines is 3. The summed E-state index contributed by atoms with van der Waals surface area (Å²) in [4.78, 5) is 9.56. The molecule has 0 atom stereocenters. The van der Waals surface area contributed by atoms with Gasteiger partial charge in [-0.25, -0.2) is 0 Å². The van der Waals surface area contributed by atoms with Crippen LogP contribution in [-0.4, -0.2) is 23.6 Å². The van der Waals surface area contributed by atoms with E-state index in [9.17, 15) is 0 Å². The molecular formula is C22H22N4. The molecule has 0 saturated heterocycles. The maximum absolute atomic E-state index is 4.07. The van der Waals surface area contributed by atoms with E-state index in [2.05, 4.69) is 82.0 Å². The summed E-state index contributed by atoms with van der Waals surface area (Å²) in [7, 11) is 2.06. The number of aromatic amines is 1. The molecule has 0 aliphatic heterocycles. The molecule has 4 aromatic rings. The second kappa shape index (κ2) is 7.31. The standard InChI is InChI=1S/C22H22N4/c1-26(20-11-13-23-14-12-20)19-8-6-18(7-9-19)24-15-10-17-16-25-22-5-3-2-4-21(17)22/h2-9,11-14,16,24-25H,10,15H2,1H3. The summed E-state index contributed by atoms with van der Waals surface area (Å²) < 4.78 is 0. The van der Waals surface area contributed by atoms with E-state index in [0.29, 0.717) is 0 Å². The van der Waals surface area contributed by atoms with Crippen LogP contribution < -0.4 is 10.2 Å². The number of H-pyrrole nitrogens is 1. The van der Waals surface area contributed by atoms with E-state index >= 15 is 0 Å². The van der Waals surface area contributed by atoms with Crippen molar-refractivity contribution in [2.24, 2.45) is 0 Å². The quantitative estimate of drug-likeness (QED) is 0.519. The summed E-state index contributed by atoms with van der Waals surface area (Å²) >= 11 is 0. The normalized spacial score (nSPS) is 10.8. The highest BCUT2D eigenvalue weighted by Gasteiger charge is 2.04. The number of hydrogen-bond acceptors (Lipinski definition) is 3. The molecule has 0 bridgehead atoms. The van der Waals surface area contributed by atoms with E-state index in [1.807, 2.05) is 24.5 Å². The van der Waals surface area contributed by atoms with Crippen LogP contribution in [0.3, 0.4) is 0 Å². The molecule has 0 fully saturated rings. The van der Waals surface area contributed by atoms with Crippen LogP contribution in [-0.2, 0) is 6.42 Å². The fourth-order valence-corrected chi connectivity index (χ4v) is 3.20. The van der Waals surface area contributed by atoms with Gasteiger partial charge in [0.1, 0.15) is 0 Å². The highest BCUT2D eigenvalue weighted by atomic mass is 15.1. The lowest BCUT2D eigenvalue weighted by Gasteiger charge is -2.19. The van der Waals surface area contributed by atoms with Gasteiger partial charge in [-0.2, -0.15) is 0 Å². The summed E-state index contributed by atoms with van der Waals surface area (Å²) in [6.45, 7) is 0.904. The Kier molecular flexibility index (Phi) is 4.56. The van der Waals surface area contributed by atoms with Gasteiger partial charge in [-0.15, -0.1) is 0 Å². The number of hydrogen-bond donors (Lipinski definition) is 2. The predicted octanol–water partition coefficient (Wildman–Crippen LogP) is 4.99. The largest absolute Gasteiger partial charge is 0.385 e. The molecule has 0 aliphatic rings. The lowest BCUT2D eigenvalue weighted by Crippen LogP contribution is -2.09. The van der Waals surface area contributed by atoms with Gasteiger partial charge < -0.3 is 15.2 Å². The van der Waals surface area contributed by atoms with Gasteiger partial charge in [0, 0.05) is 60.1 Å². The van der Waals surface area contributed by atoms with Gasteiger partial charge in [0.25, 0.3) is 0 Å². The monoisotopic (exact) mass is 342 g/mol. The van der Waals surface area contributed by atoms with Crippen LogP contribution >= 0.6 is 0 Å². The number of rotatable bonds is 6. The number of aromatic nitrogens is 2. The number of para-hydroxylation sites is 1. The molecule has 2 N–H and O–H groups in total. The van der Waals surface area contributed by atoms with Crippen LogP contribution in [0.5, 0.6) is 0 Å². The average Bonchev–Trinajstić information content (AvgIpc) is 3.12. The minimum absolute atomic E-state index is 0.904. The number of nitrogens with zero attached hydrogens (tertiary/aromatic N) is 2. The van der Waals surface area contributed by atoms with Crippen molar-refractivity contribution in [3.8, 4) is 0 Å². The molecule has 26 heavy (non-hydrogen) atoms. The van der Waals surface area contributed by atoms with Crippen molar-refractivity contribution in [3.63, 3.8) is 0 Å². The van der Waals surface area contributed by atoms with Gasteiger partial charge in [-0.3, -0.25) is 4.98 Å². The zero-order chi connectivity index (χ0) is 17.8. The summed E-state index contributed by atoms with van der Waals surface area (Å²) in [6.07, 6.45) is 6.72. The van der Waals surface area contributed by atoms with Crippen molar-refractivity contribution in [3.05, 3.63) is 84.8 Å². The smallest absolute Gasteiger partial charge is 0.0456 e. The molecular weight excluding hydrogens is 320 g/mol. The molecule has 0 aliphatic carbocycles. The Balaban J connectivity index is 1.37. The van der Waals surface area contributed by atoms with Gasteiger partial charge in [0.15, 0.2) is 0 Å². The van der Waals surface area contributed by atoms with E-state index in [1.165, 1.54) is 16.5 Å². The molecule has 4 rings (SSSR count). The Bertz CT molecular complexity index is 974. The van der Waals surface area contributed by atoms with Crippen LogP contribution in [0.15, 0.2) is 79.3 Å². The van der Waals surface area contributed by atoms with Crippen LogP contribution in [0.4, 0.5) is 17.1 Å². The predicted molar refractivity (Wildman–Crippen MR) is 109 cm³/mol. The first kappa shape index (κ1) is 16.2. The Hall–Kier alpha value is -3.27. The van der Waals surface area contributed by atoms with Crippen LogP contribution in [0, 0.1) is 0 Å². The Morgan fingerprint density at radius 3 is 2.46 bits per heavy atom. The lowest BCUT2D eigenvalue weighted by atomic mass is 10.1. The minimum atomic E-state index is 0.904. The second-order valence-corrected chi connectivity index (χ2v) is 6.35. The molecule has 2 aromatic heterocycles. The van der Waals surface area contributed by atoms with Crippen molar-refractivity contribution in [2.75, 3.05) is 23.8 Å². The summed E-state index contributed by atoms with van der Waals surface area (Å²) in [6, 6.07) is 21.0. The molecule has 0 saturated carbocycles. The van der Waals surface area contributed by atoms with Gasteiger partial charge in [0.05, 0.1) is 0 Å². The number of benzene rings is 2. The first-order valence-electron chi connectivity index (χ1n) is 8.84. The number of pyridine rings is 1. The molecule has 2 heterocycles. The van der Waals surface area contributed by atoms with Gasteiger partial charge >= 0.3 is 0 Å². The van der Waals surface area contributed by atoms with E-state index in [0.717, 1.165) is 30.0 Å². The van der Waals surface area contributed by atoms with E-state index in [-0.39, 0.29) is 0 Å². The average molecular weight is 342 g/mol. The van der Waals surface area contributed by atoms with E-state index < -0.39 is 0 Å². The Morgan fingerprint density at radius 2 is 1.65 bits per heavy atom. The third kappa shape index (κ3) is 3.40. The molecule has 4 nitrogen and oxygen atoms in total. The summed E-state index contributed by atoms with van der Waals surface area (Å²) in [5.74, 6) is 0. The molecule has 0 amide bonds. The zero-order valence-electron chi connectivity index (χ0n) is 14.8. The number of nitrogens with one attached hydrogen (secondary N) is 2. The fraction of sp³-hybridized carbons (Fsp3) is 0.136. The van der Waals surface area contributed by atoms with Crippen molar-refractivity contribution >= 4 is 28.0 Å². The molecule has 130 valence electrons. The third-order valence-electron chi connectivity index (χ3n) is 4.70. The second-order valence-electron chi connectivity index (χ2n) is 6.35. The molecule has 2 aromatic carbocycles. The zero-order valence-corrected chi connectivity index (χ0v) is 14.8. The van der Waals surface area contributed by atoms with Crippen molar-refractivity contribution in [2.45, 2.75) is 6.42 Å². The maximum Gasteiger partial charge on any atom is 0.0456 e. The maximum atomic E-state index is 4.07. The Morgan fingerprint density at radius 1 is 0.923 bits per heavy atom.